The van der Waals surface area contributed by atoms with E-state index in [-0.39, 0.29) is 18.1 Å². The standard InChI is InChI=1S/C11H10N4O3/c1-6-7-4-14-5-10(16)13-11(14)12-8(7)2-3-9(6)15(17)18/h2-3H,4-5H2,1H3,(H,12,13,16). The molecule has 2 aliphatic heterocycles. The minimum atomic E-state index is -0.401. The molecule has 1 saturated heterocycles. The average molecular weight is 246 g/mol. The van der Waals surface area contributed by atoms with E-state index in [1.165, 1.54) is 6.07 Å². The number of rotatable bonds is 1. The van der Waals surface area contributed by atoms with Gasteiger partial charge in [-0.2, -0.15) is 0 Å². The Kier molecular flexibility index (Phi) is 2.09. The van der Waals surface area contributed by atoms with Crippen LogP contribution in [0.4, 0.5) is 11.4 Å². The fourth-order valence-electron chi connectivity index (χ4n) is 2.26. The molecular formula is C11H10N4O3. The topological polar surface area (TPSA) is 87.8 Å². The molecule has 7 heteroatoms. The predicted molar refractivity (Wildman–Crippen MR) is 63.5 cm³/mol. The molecule has 3 rings (SSSR count). The lowest BCUT2D eigenvalue weighted by atomic mass is 10.0. The molecule has 0 saturated carbocycles. The fourth-order valence-corrected chi connectivity index (χ4v) is 2.26. The third-order valence-corrected chi connectivity index (χ3v) is 3.20. The summed E-state index contributed by atoms with van der Waals surface area (Å²) >= 11 is 0. The summed E-state index contributed by atoms with van der Waals surface area (Å²) in [6.07, 6.45) is 0. The van der Waals surface area contributed by atoms with Crippen LogP contribution in [0.1, 0.15) is 11.1 Å². The first kappa shape index (κ1) is 10.7. The summed E-state index contributed by atoms with van der Waals surface area (Å²) in [5.74, 6) is 0.425. The maximum atomic E-state index is 11.3. The van der Waals surface area contributed by atoms with Gasteiger partial charge in [0.1, 0.15) is 6.54 Å². The first-order valence-electron chi connectivity index (χ1n) is 5.46. The van der Waals surface area contributed by atoms with E-state index < -0.39 is 4.92 Å². The minimum Gasteiger partial charge on any atom is -0.329 e. The number of benzene rings is 1. The van der Waals surface area contributed by atoms with Gasteiger partial charge in [0.25, 0.3) is 5.69 Å². The second-order valence-electron chi connectivity index (χ2n) is 4.30. The molecule has 0 bridgehead atoms. The molecule has 1 aromatic rings. The van der Waals surface area contributed by atoms with Gasteiger partial charge in [-0.25, -0.2) is 4.99 Å². The normalized spacial score (nSPS) is 16.8. The van der Waals surface area contributed by atoms with Gasteiger partial charge < -0.3 is 4.90 Å². The van der Waals surface area contributed by atoms with Crippen molar-refractivity contribution in [3.63, 3.8) is 0 Å². The smallest absolute Gasteiger partial charge is 0.272 e. The van der Waals surface area contributed by atoms with Gasteiger partial charge >= 0.3 is 0 Å². The van der Waals surface area contributed by atoms with Gasteiger partial charge in [-0.15, -0.1) is 0 Å². The van der Waals surface area contributed by atoms with Crippen molar-refractivity contribution >= 4 is 23.2 Å². The van der Waals surface area contributed by atoms with E-state index in [0.29, 0.717) is 23.8 Å². The Morgan fingerprint density at radius 3 is 2.94 bits per heavy atom. The highest BCUT2D eigenvalue weighted by Gasteiger charge is 2.31. The zero-order valence-corrected chi connectivity index (χ0v) is 9.64. The quantitative estimate of drug-likeness (QED) is 0.587. The van der Waals surface area contributed by atoms with Gasteiger partial charge in [0.05, 0.1) is 10.6 Å². The van der Waals surface area contributed by atoms with E-state index in [9.17, 15) is 14.9 Å². The summed E-state index contributed by atoms with van der Waals surface area (Å²) in [6.45, 7) is 2.43. The van der Waals surface area contributed by atoms with E-state index in [1.54, 1.807) is 17.9 Å². The Bertz CT molecular complexity index is 609. The van der Waals surface area contributed by atoms with Crippen molar-refractivity contribution < 1.29 is 9.72 Å². The number of carbonyl (C=O) groups is 1. The second kappa shape index (κ2) is 3.52. The van der Waals surface area contributed by atoms with Crippen LogP contribution in [0.25, 0.3) is 0 Å². The van der Waals surface area contributed by atoms with Crippen molar-refractivity contribution in [3.05, 3.63) is 33.4 Å². The Balaban J connectivity index is 2.10. The number of nitrogens with one attached hydrogen (secondary N) is 1. The van der Waals surface area contributed by atoms with Crippen LogP contribution in [0.2, 0.25) is 0 Å². The third-order valence-electron chi connectivity index (χ3n) is 3.20. The Labute approximate surface area is 102 Å². The molecule has 0 aromatic heterocycles. The lowest BCUT2D eigenvalue weighted by Gasteiger charge is -2.23. The minimum absolute atomic E-state index is 0.0888. The van der Waals surface area contributed by atoms with Gasteiger partial charge in [-0.05, 0) is 13.0 Å². The molecular weight excluding hydrogens is 236 g/mol. The molecule has 0 unspecified atom stereocenters. The van der Waals surface area contributed by atoms with Crippen LogP contribution in [0.5, 0.6) is 0 Å². The summed E-state index contributed by atoms with van der Waals surface area (Å²) in [6, 6.07) is 3.07. The molecule has 92 valence electrons. The van der Waals surface area contributed by atoms with E-state index in [4.69, 9.17) is 0 Å². The molecule has 0 spiro atoms. The highest BCUT2D eigenvalue weighted by Crippen LogP contribution is 2.34. The molecule has 1 N–H and O–H groups in total. The molecule has 7 nitrogen and oxygen atoms in total. The number of guanidine groups is 1. The molecule has 0 aliphatic carbocycles. The van der Waals surface area contributed by atoms with Gasteiger partial charge in [0, 0.05) is 23.7 Å². The predicted octanol–water partition coefficient (Wildman–Crippen LogP) is 0.836. The Hall–Kier alpha value is -2.44. The van der Waals surface area contributed by atoms with Crippen LogP contribution >= 0.6 is 0 Å². The van der Waals surface area contributed by atoms with Gasteiger partial charge in [-0.3, -0.25) is 20.2 Å². The fraction of sp³-hybridized carbons (Fsp3) is 0.273. The molecule has 0 atom stereocenters. The van der Waals surface area contributed by atoms with Gasteiger partial charge in [0.15, 0.2) is 0 Å². The van der Waals surface area contributed by atoms with Crippen molar-refractivity contribution in [2.45, 2.75) is 13.5 Å². The van der Waals surface area contributed by atoms with Crippen molar-refractivity contribution in [2.24, 2.45) is 4.99 Å². The lowest BCUT2D eigenvalue weighted by Crippen LogP contribution is -2.32. The van der Waals surface area contributed by atoms with Crippen LogP contribution in [0.15, 0.2) is 17.1 Å². The summed E-state index contributed by atoms with van der Waals surface area (Å²) in [5.41, 5.74) is 2.20. The number of carbonyl (C=O) groups excluding carboxylic acids is 1. The van der Waals surface area contributed by atoms with Crippen molar-refractivity contribution in [2.75, 3.05) is 6.54 Å². The Morgan fingerprint density at radius 2 is 2.22 bits per heavy atom. The molecule has 1 aromatic carbocycles. The largest absolute Gasteiger partial charge is 0.329 e. The van der Waals surface area contributed by atoms with E-state index in [1.807, 2.05) is 0 Å². The first-order valence-corrected chi connectivity index (χ1v) is 5.46. The Morgan fingerprint density at radius 1 is 1.44 bits per heavy atom. The molecule has 0 radical (unpaired) electrons. The number of fused-ring (bicyclic) bond motifs is 2. The van der Waals surface area contributed by atoms with E-state index in [2.05, 4.69) is 10.3 Å². The zero-order valence-electron chi connectivity index (χ0n) is 9.64. The van der Waals surface area contributed by atoms with Crippen molar-refractivity contribution in [3.8, 4) is 0 Å². The summed E-state index contributed by atoms with van der Waals surface area (Å²) in [7, 11) is 0. The second-order valence-corrected chi connectivity index (χ2v) is 4.30. The number of nitro groups is 1. The summed E-state index contributed by atoms with van der Waals surface area (Å²) in [4.78, 5) is 27.8. The molecule has 2 aliphatic rings. The van der Waals surface area contributed by atoms with E-state index >= 15 is 0 Å². The number of aliphatic imine (C=N–C) groups is 1. The summed E-state index contributed by atoms with van der Waals surface area (Å²) in [5, 5.41) is 13.5. The maximum Gasteiger partial charge on any atom is 0.272 e. The molecule has 18 heavy (non-hydrogen) atoms. The highest BCUT2D eigenvalue weighted by molar-refractivity contribution is 6.05. The first-order chi connectivity index (χ1) is 8.56. The molecule has 2 heterocycles. The number of hydrogen-bond acceptors (Lipinski definition) is 5. The maximum absolute atomic E-state index is 11.3. The van der Waals surface area contributed by atoms with Crippen LogP contribution in [-0.4, -0.2) is 28.2 Å². The van der Waals surface area contributed by atoms with Crippen LogP contribution in [-0.2, 0) is 11.3 Å². The van der Waals surface area contributed by atoms with Gasteiger partial charge in [-0.1, -0.05) is 0 Å². The number of hydrogen-bond donors (Lipinski definition) is 1. The summed E-state index contributed by atoms with van der Waals surface area (Å²) < 4.78 is 0. The van der Waals surface area contributed by atoms with Gasteiger partial charge in [0.2, 0.25) is 11.9 Å². The van der Waals surface area contributed by atoms with Crippen molar-refractivity contribution in [1.82, 2.24) is 10.2 Å². The zero-order chi connectivity index (χ0) is 12.9. The van der Waals surface area contributed by atoms with E-state index in [0.717, 1.165) is 5.56 Å². The molecule has 1 fully saturated rings. The number of amides is 1. The number of nitro benzene ring substituents is 1. The average Bonchev–Trinajstić information content (AvgIpc) is 2.66. The lowest BCUT2D eigenvalue weighted by molar-refractivity contribution is -0.385. The van der Waals surface area contributed by atoms with Crippen LogP contribution in [0.3, 0.4) is 0 Å². The number of nitrogens with zero attached hydrogens (tertiary/aromatic N) is 3. The van der Waals surface area contributed by atoms with Crippen LogP contribution < -0.4 is 5.32 Å². The SMILES string of the molecule is Cc1c([N+](=O)[O-])ccc2c1CN1CC(=O)NC1=N2. The van der Waals surface area contributed by atoms with Crippen LogP contribution in [0, 0.1) is 17.0 Å². The monoisotopic (exact) mass is 246 g/mol. The highest BCUT2D eigenvalue weighted by atomic mass is 16.6. The third kappa shape index (κ3) is 1.44. The van der Waals surface area contributed by atoms with Crippen molar-refractivity contribution in [1.29, 1.82) is 0 Å². The molecule has 1 amide bonds.